The number of anilines is 1. The van der Waals surface area contributed by atoms with Crippen LogP contribution in [0.2, 0.25) is 0 Å². The average Bonchev–Trinajstić information content (AvgIpc) is 3.26. The van der Waals surface area contributed by atoms with Gasteiger partial charge in [-0.2, -0.15) is 5.10 Å². The quantitative estimate of drug-likeness (QED) is 0.783. The van der Waals surface area contributed by atoms with E-state index in [1.54, 1.807) is 15.8 Å². The maximum atomic E-state index is 11.3. The van der Waals surface area contributed by atoms with Gasteiger partial charge in [-0.1, -0.05) is 24.3 Å². The Labute approximate surface area is 119 Å². The molecule has 3 rings (SSSR count). The zero-order chi connectivity index (χ0) is 14.1. The largest absolute Gasteiger partial charge is 0.307 e. The lowest BCUT2D eigenvalue weighted by atomic mass is 10.1. The highest BCUT2D eigenvalue weighted by atomic mass is 16.1. The standard InChI is InChI=1S/C16H19N3O/c1-12-16(9-17-18(12)2)19(11-20)10-13-3-5-14(6-4-13)15-7-8-15/h3-6,9,11,15H,7-8,10H2,1-2H3. The molecule has 1 fully saturated rings. The van der Waals surface area contributed by atoms with Gasteiger partial charge in [0.1, 0.15) is 0 Å². The van der Waals surface area contributed by atoms with Crippen LogP contribution in [-0.4, -0.2) is 16.2 Å². The number of hydrogen-bond acceptors (Lipinski definition) is 2. The van der Waals surface area contributed by atoms with Crippen LogP contribution in [0.5, 0.6) is 0 Å². The maximum absolute atomic E-state index is 11.3. The predicted molar refractivity (Wildman–Crippen MR) is 78.6 cm³/mol. The average molecular weight is 269 g/mol. The summed E-state index contributed by atoms with van der Waals surface area (Å²) in [6, 6.07) is 8.61. The molecule has 2 aromatic rings. The number of benzene rings is 1. The van der Waals surface area contributed by atoms with Gasteiger partial charge >= 0.3 is 0 Å². The van der Waals surface area contributed by atoms with E-state index in [9.17, 15) is 4.79 Å². The summed E-state index contributed by atoms with van der Waals surface area (Å²) in [7, 11) is 1.88. The zero-order valence-corrected chi connectivity index (χ0v) is 11.9. The van der Waals surface area contributed by atoms with Crippen LogP contribution in [0.25, 0.3) is 0 Å². The number of nitrogens with zero attached hydrogens (tertiary/aromatic N) is 3. The van der Waals surface area contributed by atoms with Gasteiger partial charge in [0.2, 0.25) is 6.41 Å². The van der Waals surface area contributed by atoms with Crippen molar-refractivity contribution >= 4 is 12.1 Å². The third kappa shape index (κ3) is 2.46. The molecule has 0 saturated heterocycles. The summed E-state index contributed by atoms with van der Waals surface area (Å²) in [5.41, 5.74) is 4.43. The summed E-state index contributed by atoms with van der Waals surface area (Å²) < 4.78 is 1.78. The van der Waals surface area contributed by atoms with Crippen LogP contribution in [0, 0.1) is 6.92 Å². The SMILES string of the molecule is Cc1c(N(C=O)Cc2ccc(C3CC3)cc2)cnn1C. The first-order valence-corrected chi connectivity index (χ1v) is 6.98. The molecule has 20 heavy (non-hydrogen) atoms. The van der Waals surface area contributed by atoms with E-state index in [1.165, 1.54) is 18.4 Å². The van der Waals surface area contributed by atoms with Crippen molar-refractivity contribution in [3.8, 4) is 0 Å². The van der Waals surface area contributed by atoms with Crippen LogP contribution in [0.1, 0.15) is 35.6 Å². The molecular formula is C16H19N3O. The van der Waals surface area contributed by atoms with Gasteiger partial charge < -0.3 is 4.90 Å². The van der Waals surface area contributed by atoms with E-state index < -0.39 is 0 Å². The Hall–Kier alpha value is -2.10. The molecule has 1 aliphatic rings. The molecule has 1 aromatic heterocycles. The fraction of sp³-hybridized carbons (Fsp3) is 0.375. The van der Waals surface area contributed by atoms with Crippen molar-refractivity contribution in [1.29, 1.82) is 0 Å². The van der Waals surface area contributed by atoms with Crippen LogP contribution in [0.3, 0.4) is 0 Å². The minimum absolute atomic E-state index is 0.584. The van der Waals surface area contributed by atoms with Gasteiger partial charge in [0, 0.05) is 7.05 Å². The number of carbonyl (C=O) groups is 1. The Morgan fingerprint density at radius 2 is 2.05 bits per heavy atom. The molecule has 0 unspecified atom stereocenters. The van der Waals surface area contributed by atoms with Crippen LogP contribution in [0.15, 0.2) is 30.5 Å². The Morgan fingerprint density at radius 1 is 1.35 bits per heavy atom. The van der Waals surface area contributed by atoms with Gasteiger partial charge in [-0.3, -0.25) is 9.48 Å². The third-order valence-corrected chi connectivity index (χ3v) is 4.03. The van der Waals surface area contributed by atoms with Crippen molar-refractivity contribution in [3.63, 3.8) is 0 Å². The summed E-state index contributed by atoms with van der Waals surface area (Å²) in [6.07, 6.45) is 5.24. The second-order valence-corrected chi connectivity index (χ2v) is 5.49. The van der Waals surface area contributed by atoms with Crippen LogP contribution < -0.4 is 4.90 Å². The molecule has 1 aliphatic carbocycles. The fourth-order valence-corrected chi connectivity index (χ4v) is 2.46. The van der Waals surface area contributed by atoms with Crippen molar-refractivity contribution in [1.82, 2.24) is 9.78 Å². The molecule has 4 nitrogen and oxygen atoms in total. The molecule has 0 bridgehead atoms. The van der Waals surface area contributed by atoms with E-state index in [0.717, 1.165) is 29.3 Å². The zero-order valence-electron chi connectivity index (χ0n) is 11.9. The number of aromatic nitrogens is 2. The van der Waals surface area contributed by atoms with Gasteiger partial charge in [-0.05, 0) is 36.8 Å². The van der Waals surface area contributed by atoms with Crippen LogP contribution >= 0.6 is 0 Å². The topological polar surface area (TPSA) is 38.1 Å². The van der Waals surface area contributed by atoms with E-state index >= 15 is 0 Å². The molecule has 104 valence electrons. The second-order valence-electron chi connectivity index (χ2n) is 5.49. The minimum atomic E-state index is 0.584. The summed E-state index contributed by atoms with van der Waals surface area (Å²) in [6.45, 7) is 2.55. The lowest BCUT2D eigenvalue weighted by molar-refractivity contribution is -0.107. The van der Waals surface area contributed by atoms with Gasteiger partial charge in [0.15, 0.2) is 0 Å². The predicted octanol–water partition coefficient (Wildman–Crippen LogP) is 2.77. The van der Waals surface area contributed by atoms with Crippen molar-refractivity contribution in [2.45, 2.75) is 32.2 Å². The number of amides is 1. The molecule has 0 spiro atoms. The van der Waals surface area contributed by atoms with E-state index in [4.69, 9.17) is 0 Å². The van der Waals surface area contributed by atoms with Crippen LogP contribution in [-0.2, 0) is 18.4 Å². The monoisotopic (exact) mass is 269 g/mol. The molecule has 0 radical (unpaired) electrons. The van der Waals surface area contributed by atoms with E-state index in [2.05, 4.69) is 29.4 Å². The Balaban J connectivity index is 1.77. The first kappa shape index (κ1) is 12.9. The highest BCUT2D eigenvalue weighted by Gasteiger charge is 2.23. The van der Waals surface area contributed by atoms with E-state index in [0.29, 0.717) is 6.54 Å². The third-order valence-electron chi connectivity index (χ3n) is 4.03. The number of hydrogen-bond donors (Lipinski definition) is 0. The molecule has 1 aromatic carbocycles. The molecule has 1 heterocycles. The smallest absolute Gasteiger partial charge is 0.214 e. The Kier molecular flexibility index (Phi) is 3.30. The van der Waals surface area contributed by atoms with Gasteiger partial charge in [0.25, 0.3) is 0 Å². The molecule has 1 saturated carbocycles. The normalized spacial score (nSPS) is 14.3. The molecule has 0 aliphatic heterocycles. The lowest BCUT2D eigenvalue weighted by Crippen LogP contribution is -2.20. The van der Waals surface area contributed by atoms with E-state index in [1.807, 2.05) is 14.0 Å². The summed E-state index contributed by atoms with van der Waals surface area (Å²) in [5, 5.41) is 4.19. The first-order chi connectivity index (χ1) is 9.69. The van der Waals surface area contributed by atoms with Gasteiger partial charge in [-0.25, -0.2) is 0 Å². The maximum Gasteiger partial charge on any atom is 0.214 e. The highest BCUT2D eigenvalue weighted by molar-refractivity contribution is 5.75. The van der Waals surface area contributed by atoms with Crippen molar-refractivity contribution in [2.24, 2.45) is 7.05 Å². The highest BCUT2D eigenvalue weighted by Crippen LogP contribution is 2.39. The minimum Gasteiger partial charge on any atom is -0.307 e. The molecular weight excluding hydrogens is 250 g/mol. The summed E-state index contributed by atoms with van der Waals surface area (Å²) in [5.74, 6) is 0.770. The molecule has 0 atom stereocenters. The summed E-state index contributed by atoms with van der Waals surface area (Å²) >= 11 is 0. The van der Waals surface area contributed by atoms with Gasteiger partial charge in [-0.15, -0.1) is 0 Å². The Morgan fingerprint density at radius 3 is 2.55 bits per heavy atom. The van der Waals surface area contributed by atoms with Crippen molar-refractivity contribution in [3.05, 3.63) is 47.3 Å². The first-order valence-electron chi connectivity index (χ1n) is 6.98. The number of aryl methyl sites for hydroxylation is 1. The molecule has 1 amide bonds. The lowest BCUT2D eigenvalue weighted by Gasteiger charge is -2.17. The number of rotatable bonds is 5. The van der Waals surface area contributed by atoms with Crippen molar-refractivity contribution in [2.75, 3.05) is 4.90 Å². The van der Waals surface area contributed by atoms with Crippen molar-refractivity contribution < 1.29 is 4.79 Å². The number of carbonyl (C=O) groups excluding carboxylic acids is 1. The summed E-state index contributed by atoms with van der Waals surface area (Å²) in [4.78, 5) is 13.0. The second kappa shape index (κ2) is 5.12. The molecule has 0 N–H and O–H groups in total. The fourth-order valence-electron chi connectivity index (χ4n) is 2.46. The van der Waals surface area contributed by atoms with Crippen LogP contribution in [0.4, 0.5) is 5.69 Å². The molecule has 4 heteroatoms. The Bertz CT molecular complexity index is 611. The van der Waals surface area contributed by atoms with E-state index in [-0.39, 0.29) is 0 Å². The van der Waals surface area contributed by atoms with Gasteiger partial charge in [0.05, 0.1) is 24.1 Å².